The molecule has 7 nitrogen and oxygen atoms in total. The Bertz CT molecular complexity index is 933. The molecule has 29 heavy (non-hydrogen) atoms. The second-order valence-corrected chi connectivity index (χ2v) is 7.41. The number of ether oxygens (including phenoxy) is 4. The van der Waals surface area contributed by atoms with Gasteiger partial charge in [0.05, 0.1) is 24.6 Å². The summed E-state index contributed by atoms with van der Waals surface area (Å²) in [6, 6.07) is 3.50. The predicted molar refractivity (Wildman–Crippen MR) is 109 cm³/mol. The molecule has 0 amide bonds. The third kappa shape index (κ3) is 3.89. The van der Waals surface area contributed by atoms with Gasteiger partial charge in [0.1, 0.15) is 17.9 Å². The molecule has 0 saturated carbocycles. The molecule has 0 spiro atoms. The fourth-order valence-corrected chi connectivity index (χ4v) is 4.16. The van der Waals surface area contributed by atoms with Gasteiger partial charge in [0.25, 0.3) is 0 Å². The fourth-order valence-electron chi connectivity index (χ4n) is 3.59. The van der Waals surface area contributed by atoms with E-state index in [2.05, 4.69) is 22.5 Å². The molecule has 1 aliphatic carbocycles. The molecule has 0 unspecified atom stereocenters. The highest BCUT2D eigenvalue weighted by molar-refractivity contribution is 9.10. The van der Waals surface area contributed by atoms with Crippen LogP contribution in [0.15, 0.2) is 52.0 Å². The number of esters is 1. The van der Waals surface area contributed by atoms with E-state index in [1.807, 2.05) is 0 Å². The van der Waals surface area contributed by atoms with E-state index in [9.17, 15) is 9.59 Å². The summed E-state index contributed by atoms with van der Waals surface area (Å²) in [5, 5.41) is 0. The van der Waals surface area contributed by atoms with Crippen LogP contribution < -0.4 is 15.2 Å². The lowest BCUT2D eigenvalue weighted by atomic mass is 9.77. The van der Waals surface area contributed by atoms with E-state index in [1.165, 1.54) is 14.2 Å². The van der Waals surface area contributed by atoms with Crippen LogP contribution in [0.2, 0.25) is 0 Å². The van der Waals surface area contributed by atoms with Crippen LogP contribution in [0.3, 0.4) is 0 Å². The highest BCUT2D eigenvalue weighted by atomic mass is 79.9. The van der Waals surface area contributed by atoms with Crippen molar-refractivity contribution in [3.8, 4) is 11.5 Å². The van der Waals surface area contributed by atoms with Gasteiger partial charge in [-0.3, -0.25) is 4.79 Å². The van der Waals surface area contributed by atoms with Gasteiger partial charge >= 0.3 is 5.97 Å². The standard InChI is InChI=1S/C21H22BrNO6/c1-4-8-28-19-12(22)9-11(10-15(19)26-2)16-17-13(24)6-5-7-14(17)29-20(23)18(16)21(25)27-3/h4,9-10,16H,1,5-8,23H2,2-3H3/t16-/m1/s1. The molecule has 1 atom stereocenters. The van der Waals surface area contributed by atoms with E-state index in [1.54, 1.807) is 18.2 Å². The number of halogens is 1. The average molecular weight is 464 g/mol. The number of Topliss-reactive ketones (excluding diaryl/α,β-unsaturated/α-hetero) is 1. The first kappa shape index (κ1) is 21.0. The largest absolute Gasteiger partial charge is 0.493 e. The van der Waals surface area contributed by atoms with Crippen LogP contribution >= 0.6 is 15.9 Å². The molecule has 0 bridgehead atoms. The van der Waals surface area contributed by atoms with Crippen molar-refractivity contribution in [1.29, 1.82) is 0 Å². The second-order valence-electron chi connectivity index (χ2n) is 6.55. The zero-order valence-corrected chi connectivity index (χ0v) is 17.8. The summed E-state index contributed by atoms with van der Waals surface area (Å²) in [5.41, 5.74) is 7.23. The lowest BCUT2D eigenvalue weighted by molar-refractivity contribution is -0.136. The predicted octanol–water partition coefficient (Wildman–Crippen LogP) is 3.49. The molecule has 2 N–H and O–H groups in total. The van der Waals surface area contributed by atoms with Crippen LogP contribution in [0.1, 0.15) is 30.7 Å². The number of hydrogen-bond acceptors (Lipinski definition) is 7. The number of carbonyl (C=O) groups excluding carboxylic acids is 2. The number of hydrogen-bond donors (Lipinski definition) is 1. The minimum absolute atomic E-state index is 0.0580. The molecule has 1 aromatic carbocycles. The number of benzene rings is 1. The van der Waals surface area contributed by atoms with Gasteiger partial charge < -0.3 is 24.7 Å². The highest BCUT2D eigenvalue weighted by Crippen LogP contribution is 2.47. The quantitative estimate of drug-likeness (QED) is 0.509. The van der Waals surface area contributed by atoms with E-state index in [0.717, 1.165) is 0 Å². The van der Waals surface area contributed by atoms with Gasteiger partial charge in [-0.1, -0.05) is 12.7 Å². The number of allylic oxidation sites excluding steroid dienone is 2. The van der Waals surface area contributed by atoms with Crippen LogP contribution in [-0.4, -0.2) is 32.6 Å². The average Bonchev–Trinajstić information content (AvgIpc) is 2.71. The molecule has 1 heterocycles. The van der Waals surface area contributed by atoms with Crippen molar-refractivity contribution < 1.29 is 28.5 Å². The van der Waals surface area contributed by atoms with Gasteiger partial charge in [-0.15, -0.1) is 0 Å². The Morgan fingerprint density at radius 3 is 2.79 bits per heavy atom. The van der Waals surface area contributed by atoms with Crippen LogP contribution in [0.25, 0.3) is 0 Å². The van der Waals surface area contributed by atoms with Gasteiger partial charge in [0.15, 0.2) is 17.3 Å². The summed E-state index contributed by atoms with van der Waals surface area (Å²) in [6.07, 6.45) is 3.25. The summed E-state index contributed by atoms with van der Waals surface area (Å²) in [4.78, 5) is 25.3. The third-order valence-electron chi connectivity index (χ3n) is 4.82. The smallest absolute Gasteiger partial charge is 0.340 e. The normalized spacial score (nSPS) is 18.7. The molecular formula is C21H22BrNO6. The second kappa shape index (κ2) is 8.73. The summed E-state index contributed by atoms with van der Waals surface area (Å²) >= 11 is 3.49. The van der Waals surface area contributed by atoms with Gasteiger partial charge in [0, 0.05) is 18.4 Å². The number of rotatable bonds is 6. The maximum atomic E-state index is 12.8. The molecular weight excluding hydrogens is 442 g/mol. The van der Waals surface area contributed by atoms with E-state index < -0.39 is 11.9 Å². The Hall–Kier alpha value is -2.74. The zero-order valence-electron chi connectivity index (χ0n) is 16.2. The summed E-state index contributed by atoms with van der Waals surface area (Å²) in [6.45, 7) is 3.93. The lowest BCUT2D eigenvalue weighted by Gasteiger charge is -2.32. The Kier molecular flexibility index (Phi) is 6.32. The Balaban J connectivity index is 2.20. The molecule has 2 aliphatic rings. The minimum Gasteiger partial charge on any atom is -0.493 e. The first-order valence-corrected chi connectivity index (χ1v) is 9.85. The molecule has 0 saturated heterocycles. The van der Waals surface area contributed by atoms with Gasteiger partial charge in [-0.25, -0.2) is 4.79 Å². The van der Waals surface area contributed by atoms with E-state index in [4.69, 9.17) is 24.7 Å². The maximum Gasteiger partial charge on any atom is 0.340 e. The first-order chi connectivity index (χ1) is 13.9. The van der Waals surface area contributed by atoms with E-state index in [-0.39, 0.29) is 17.2 Å². The van der Waals surface area contributed by atoms with Crippen molar-refractivity contribution in [2.75, 3.05) is 20.8 Å². The molecule has 0 aromatic heterocycles. The molecule has 1 aromatic rings. The minimum atomic E-state index is -0.724. The van der Waals surface area contributed by atoms with Crippen molar-refractivity contribution in [3.05, 3.63) is 57.6 Å². The Morgan fingerprint density at radius 1 is 1.38 bits per heavy atom. The van der Waals surface area contributed by atoms with Gasteiger partial charge in [-0.05, 0) is 40.0 Å². The summed E-state index contributed by atoms with van der Waals surface area (Å²) < 4.78 is 22.3. The summed E-state index contributed by atoms with van der Waals surface area (Å²) in [5.74, 6) is -0.0832. The maximum absolute atomic E-state index is 12.8. The molecule has 8 heteroatoms. The van der Waals surface area contributed by atoms with Crippen LogP contribution in [-0.2, 0) is 19.1 Å². The van der Waals surface area contributed by atoms with Crippen molar-refractivity contribution >= 4 is 27.7 Å². The fraction of sp³-hybridized carbons (Fsp3) is 0.333. The summed E-state index contributed by atoms with van der Waals surface area (Å²) in [7, 11) is 2.77. The van der Waals surface area contributed by atoms with Crippen molar-refractivity contribution in [2.45, 2.75) is 25.2 Å². The van der Waals surface area contributed by atoms with Crippen molar-refractivity contribution in [3.63, 3.8) is 0 Å². The van der Waals surface area contributed by atoms with Crippen LogP contribution in [0.4, 0.5) is 0 Å². The molecule has 1 aliphatic heterocycles. The zero-order chi connectivity index (χ0) is 21.1. The molecule has 0 fully saturated rings. The van der Waals surface area contributed by atoms with Gasteiger partial charge in [-0.2, -0.15) is 0 Å². The van der Waals surface area contributed by atoms with Crippen molar-refractivity contribution in [2.24, 2.45) is 5.73 Å². The van der Waals surface area contributed by atoms with Crippen LogP contribution in [0, 0.1) is 0 Å². The molecule has 3 rings (SSSR count). The highest BCUT2D eigenvalue weighted by Gasteiger charge is 2.41. The monoisotopic (exact) mass is 463 g/mol. The van der Waals surface area contributed by atoms with E-state index >= 15 is 0 Å². The molecule has 0 radical (unpaired) electrons. The Morgan fingerprint density at radius 2 is 2.14 bits per heavy atom. The van der Waals surface area contributed by atoms with E-state index in [0.29, 0.717) is 58.7 Å². The number of nitrogens with two attached hydrogens (primary N) is 1. The number of ketones is 1. The lowest BCUT2D eigenvalue weighted by Crippen LogP contribution is -2.31. The third-order valence-corrected chi connectivity index (χ3v) is 5.41. The number of carbonyl (C=O) groups is 2. The van der Waals surface area contributed by atoms with Gasteiger partial charge in [0.2, 0.25) is 5.88 Å². The first-order valence-electron chi connectivity index (χ1n) is 9.06. The van der Waals surface area contributed by atoms with Crippen molar-refractivity contribution in [1.82, 2.24) is 0 Å². The van der Waals surface area contributed by atoms with Crippen LogP contribution in [0.5, 0.6) is 11.5 Å². The molecule has 154 valence electrons. The Labute approximate surface area is 177 Å². The number of methoxy groups -OCH3 is 2. The topological polar surface area (TPSA) is 97.1 Å². The SMILES string of the molecule is C=CCOc1c(Br)cc([C@H]2C(C(=O)OC)=C(N)OC3=C2C(=O)CCC3)cc1OC.